The van der Waals surface area contributed by atoms with Crippen LogP contribution >= 0.6 is 0 Å². The summed E-state index contributed by atoms with van der Waals surface area (Å²) in [4.78, 5) is 7.01. The van der Waals surface area contributed by atoms with Crippen LogP contribution < -0.4 is 10.6 Å². The highest BCUT2D eigenvalue weighted by Crippen LogP contribution is 2.30. The summed E-state index contributed by atoms with van der Waals surface area (Å²) in [6, 6.07) is 4.91. The number of rotatable bonds is 3. The third-order valence-electron chi connectivity index (χ3n) is 4.64. The summed E-state index contributed by atoms with van der Waals surface area (Å²) < 4.78 is 0. The molecule has 0 aliphatic heterocycles. The molecule has 1 saturated carbocycles. The van der Waals surface area contributed by atoms with Gasteiger partial charge in [0, 0.05) is 19.3 Å². The Bertz CT molecular complexity index is 419. The molecular weight excluding hydrogens is 246 g/mol. The minimum absolute atomic E-state index is 0.161. The van der Waals surface area contributed by atoms with Crippen LogP contribution in [0.15, 0.2) is 18.3 Å². The minimum atomic E-state index is 0.161. The molecular formula is C17H29N3. The van der Waals surface area contributed by atoms with Gasteiger partial charge in [-0.25, -0.2) is 4.98 Å². The van der Waals surface area contributed by atoms with Crippen molar-refractivity contribution in [3.05, 3.63) is 23.9 Å². The number of pyridine rings is 1. The number of aromatic nitrogens is 1. The molecule has 3 heteroatoms. The standard InChI is InChI=1S/C17H29N3/c1-17(2,3)14-9-10-16(19-12-14)20(4)15-8-6-5-7-13(15)11-18/h9-10,12-13,15H,5-8,11,18H2,1-4H3. The quantitative estimate of drug-likeness (QED) is 0.920. The van der Waals surface area contributed by atoms with Crippen LogP contribution in [0.4, 0.5) is 5.82 Å². The van der Waals surface area contributed by atoms with Crippen molar-refractivity contribution in [2.75, 3.05) is 18.5 Å². The molecule has 112 valence electrons. The molecule has 1 aliphatic carbocycles. The summed E-state index contributed by atoms with van der Waals surface area (Å²) >= 11 is 0. The second kappa shape index (κ2) is 6.13. The van der Waals surface area contributed by atoms with Crippen molar-refractivity contribution < 1.29 is 0 Å². The molecule has 2 N–H and O–H groups in total. The third-order valence-corrected chi connectivity index (χ3v) is 4.64. The Morgan fingerprint density at radius 1 is 1.25 bits per heavy atom. The summed E-state index contributed by atoms with van der Waals surface area (Å²) in [6.07, 6.45) is 7.15. The molecule has 0 radical (unpaired) electrons. The lowest BCUT2D eigenvalue weighted by Gasteiger charge is -2.38. The Balaban J connectivity index is 2.14. The fourth-order valence-electron chi connectivity index (χ4n) is 3.18. The molecule has 0 aromatic carbocycles. The molecule has 2 unspecified atom stereocenters. The molecule has 1 aromatic heterocycles. The second-order valence-corrected chi connectivity index (χ2v) is 7.11. The SMILES string of the molecule is CN(c1ccc(C(C)(C)C)cn1)C1CCCCC1CN. The van der Waals surface area contributed by atoms with E-state index in [-0.39, 0.29) is 5.41 Å². The predicted octanol–water partition coefficient (Wildman–Crippen LogP) is 3.33. The summed E-state index contributed by atoms with van der Waals surface area (Å²) in [5, 5.41) is 0. The molecule has 1 heterocycles. The zero-order valence-electron chi connectivity index (χ0n) is 13.4. The normalized spacial score (nSPS) is 23.6. The van der Waals surface area contributed by atoms with Crippen molar-refractivity contribution >= 4 is 5.82 Å². The van der Waals surface area contributed by atoms with Crippen LogP contribution in [0.5, 0.6) is 0 Å². The second-order valence-electron chi connectivity index (χ2n) is 7.11. The highest BCUT2D eigenvalue weighted by molar-refractivity contribution is 5.41. The van der Waals surface area contributed by atoms with Gasteiger partial charge in [-0.3, -0.25) is 0 Å². The Morgan fingerprint density at radius 3 is 2.50 bits per heavy atom. The Kier molecular flexibility index (Phi) is 4.69. The monoisotopic (exact) mass is 275 g/mol. The van der Waals surface area contributed by atoms with Crippen LogP contribution in [-0.4, -0.2) is 24.6 Å². The van der Waals surface area contributed by atoms with Crippen molar-refractivity contribution in [2.24, 2.45) is 11.7 Å². The van der Waals surface area contributed by atoms with Crippen LogP contribution in [0, 0.1) is 5.92 Å². The average Bonchev–Trinajstić information content (AvgIpc) is 2.45. The Hall–Kier alpha value is -1.09. The molecule has 0 amide bonds. The van der Waals surface area contributed by atoms with Crippen molar-refractivity contribution in [3.63, 3.8) is 0 Å². The molecule has 1 fully saturated rings. The minimum Gasteiger partial charge on any atom is -0.356 e. The van der Waals surface area contributed by atoms with Gasteiger partial charge in [0.15, 0.2) is 0 Å². The number of anilines is 1. The van der Waals surface area contributed by atoms with E-state index < -0.39 is 0 Å². The lowest BCUT2D eigenvalue weighted by atomic mass is 9.83. The van der Waals surface area contributed by atoms with Crippen molar-refractivity contribution in [1.29, 1.82) is 0 Å². The van der Waals surface area contributed by atoms with Gasteiger partial charge in [-0.2, -0.15) is 0 Å². The lowest BCUT2D eigenvalue weighted by Crippen LogP contribution is -2.43. The van der Waals surface area contributed by atoms with Gasteiger partial charge in [-0.1, -0.05) is 39.7 Å². The number of hydrogen-bond donors (Lipinski definition) is 1. The fourth-order valence-corrected chi connectivity index (χ4v) is 3.18. The van der Waals surface area contributed by atoms with Gasteiger partial charge >= 0.3 is 0 Å². The van der Waals surface area contributed by atoms with Crippen molar-refractivity contribution in [3.8, 4) is 0 Å². The summed E-state index contributed by atoms with van der Waals surface area (Å²) in [6.45, 7) is 7.45. The Labute approximate surface area is 123 Å². The molecule has 2 rings (SSSR count). The van der Waals surface area contributed by atoms with Crippen molar-refractivity contribution in [1.82, 2.24) is 4.98 Å². The van der Waals surface area contributed by atoms with E-state index in [1.54, 1.807) is 0 Å². The molecule has 2 atom stereocenters. The predicted molar refractivity (Wildman–Crippen MR) is 86.1 cm³/mol. The molecule has 20 heavy (non-hydrogen) atoms. The first-order valence-electron chi connectivity index (χ1n) is 7.83. The third kappa shape index (κ3) is 3.32. The molecule has 3 nitrogen and oxygen atoms in total. The van der Waals surface area contributed by atoms with E-state index in [0.29, 0.717) is 12.0 Å². The van der Waals surface area contributed by atoms with Crippen LogP contribution in [0.3, 0.4) is 0 Å². The number of nitrogens with two attached hydrogens (primary N) is 1. The van der Waals surface area contributed by atoms with E-state index in [1.807, 2.05) is 6.20 Å². The van der Waals surface area contributed by atoms with E-state index in [4.69, 9.17) is 5.73 Å². The highest BCUT2D eigenvalue weighted by Gasteiger charge is 2.28. The van der Waals surface area contributed by atoms with E-state index in [9.17, 15) is 0 Å². The van der Waals surface area contributed by atoms with Gasteiger partial charge in [0.2, 0.25) is 0 Å². The zero-order valence-corrected chi connectivity index (χ0v) is 13.4. The zero-order chi connectivity index (χ0) is 14.8. The smallest absolute Gasteiger partial charge is 0.128 e. The lowest BCUT2D eigenvalue weighted by molar-refractivity contribution is 0.305. The topological polar surface area (TPSA) is 42.2 Å². The van der Waals surface area contributed by atoms with Crippen molar-refractivity contribution in [2.45, 2.75) is 57.9 Å². The van der Waals surface area contributed by atoms with E-state index >= 15 is 0 Å². The first-order chi connectivity index (χ1) is 9.43. The van der Waals surface area contributed by atoms with Crippen LogP contribution in [0.2, 0.25) is 0 Å². The largest absolute Gasteiger partial charge is 0.356 e. The molecule has 0 saturated heterocycles. The van der Waals surface area contributed by atoms with Gasteiger partial charge < -0.3 is 10.6 Å². The maximum atomic E-state index is 5.94. The molecule has 1 aliphatic rings. The van der Waals surface area contributed by atoms with Crippen LogP contribution in [0.1, 0.15) is 52.0 Å². The van der Waals surface area contributed by atoms with Gasteiger partial charge in [-0.15, -0.1) is 0 Å². The summed E-state index contributed by atoms with van der Waals surface area (Å²) in [7, 11) is 2.16. The highest BCUT2D eigenvalue weighted by atomic mass is 15.2. The van der Waals surface area contributed by atoms with Crippen LogP contribution in [0.25, 0.3) is 0 Å². The van der Waals surface area contributed by atoms with Gasteiger partial charge in [0.05, 0.1) is 0 Å². The van der Waals surface area contributed by atoms with Gasteiger partial charge in [0.1, 0.15) is 5.82 Å². The molecule has 1 aromatic rings. The first kappa shape index (κ1) is 15.3. The summed E-state index contributed by atoms with van der Waals surface area (Å²) in [5.41, 5.74) is 7.39. The van der Waals surface area contributed by atoms with E-state index in [2.05, 4.69) is 49.8 Å². The first-order valence-corrected chi connectivity index (χ1v) is 7.83. The molecule has 0 bridgehead atoms. The van der Waals surface area contributed by atoms with Gasteiger partial charge in [0.25, 0.3) is 0 Å². The Morgan fingerprint density at radius 2 is 1.95 bits per heavy atom. The average molecular weight is 275 g/mol. The maximum absolute atomic E-state index is 5.94. The van der Waals surface area contributed by atoms with Crippen LogP contribution in [-0.2, 0) is 5.41 Å². The number of hydrogen-bond acceptors (Lipinski definition) is 3. The fraction of sp³-hybridized carbons (Fsp3) is 0.706. The molecule has 0 spiro atoms. The maximum Gasteiger partial charge on any atom is 0.128 e. The van der Waals surface area contributed by atoms with E-state index in [1.165, 1.54) is 31.2 Å². The number of nitrogens with zero attached hydrogens (tertiary/aromatic N) is 2. The van der Waals surface area contributed by atoms with Gasteiger partial charge in [-0.05, 0) is 42.3 Å². The van der Waals surface area contributed by atoms with E-state index in [0.717, 1.165) is 12.4 Å². The summed E-state index contributed by atoms with van der Waals surface area (Å²) in [5.74, 6) is 1.68.